The van der Waals surface area contributed by atoms with Gasteiger partial charge < -0.3 is 0 Å². The lowest BCUT2D eigenvalue weighted by molar-refractivity contribution is 0.104. The summed E-state index contributed by atoms with van der Waals surface area (Å²) in [6, 6.07) is 18.1. The number of fused-ring (bicyclic) bond motifs is 5. The van der Waals surface area contributed by atoms with Crippen molar-refractivity contribution in [1.82, 2.24) is 0 Å². The van der Waals surface area contributed by atoms with E-state index in [-0.39, 0.29) is 5.78 Å². The largest absolute Gasteiger partial charge is 0.288 e. The third-order valence-electron chi connectivity index (χ3n) is 3.69. The van der Waals surface area contributed by atoms with Crippen molar-refractivity contribution < 1.29 is 4.79 Å². The molecule has 1 aliphatic carbocycles. The zero-order chi connectivity index (χ0) is 13.0. The molecule has 0 unspecified atom stereocenters. The van der Waals surface area contributed by atoms with Crippen molar-refractivity contribution in [3.8, 4) is 11.1 Å². The lowest BCUT2D eigenvalue weighted by Gasteiger charge is -2.03. The smallest absolute Gasteiger partial charge is 0.196 e. The Morgan fingerprint density at radius 1 is 0.737 bits per heavy atom. The Morgan fingerprint density at radius 3 is 2.42 bits per heavy atom. The van der Waals surface area contributed by atoms with Crippen LogP contribution in [0.2, 0.25) is 0 Å². The lowest BCUT2D eigenvalue weighted by atomic mass is 9.99. The van der Waals surface area contributed by atoms with E-state index in [9.17, 15) is 4.79 Å². The molecule has 0 saturated carbocycles. The van der Waals surface area contributed by atoms with Crippen molar-refractivity contribution >= 4 is 32.5 Å². The second kappa shape index (κ2) is 3.78. The maximum Gasteiger partial charge on any atom is 0.196 e. The molecule has 0 bridgehead atoms. The van der Waals surface area contributed by atoms with E-state index in [1.165, 1.54) is 0 Å². The van der Waals surface area contributed by atoms with Crippen LogP contribution in [0.5, 0.6) is 0 Å². The molecular weight excluding hydrogens is 300 g/mol. The van der Waals surface area contributed by atoms with Crippen LogP contribution in [0.15, 0.2) is 59.1 Å². The molecule has 0 aromatic heterocycles. The highest BCUT2D eigenvalue weighted by molar-refractivity contribution is 9.10. The Labute approximate surface area is 119 Å². The van der Waals surface area contributed by atoms with Crippen LogP contribution in [0.4, 0.5) is 0 Å². The van der Waals surface area contributed by atoms with Gasteiger partial charge in [0.25, 0.3) is 0 Å². The van der Waals surface area contributed by atoms with Gasteiger partial charge in [-0.15, -0.1) is 0 Å². The minimum atomic E-state index is 0.120. The van der Waals surface area contributed by atoms with Crippen LogP contribution in [-0.4, -0.2) is 5.78 Å². The Balaban J connectivity index is 2.18. The van der Waals surface area contributed by atoms with Crippen LogP contribution in [0, 0.1) is 0 Å². The highest BCUT2D eigenvalue weighted by atomic mass is 79.9. The van der Waals surface area contributed by atoms with Crippen molar-refractivity contribution in [2.75, 3.05) is 0 Å². The van der Waals surface area contributed by atoms with Crippen LogP contribution in [0.25, 0.3) is 21.9 Å². The molecule has 0 heterocycles. The SMILES string of the molecule is O=C1c2c(Br)cccc2-c2ccc3ccccc3c21. The summed E-state index contributed by atoms with van der Waals surface area (Å²) in [4.78, 5) is 12.7. The predicted molar refractivity (Wildman–Crippen MR) is 80.5 cm³/mol. The standard InChI is InChI=1S/C17H9BrO/c18-14-7-3-6-12-13-9-8-10-4-1-2-5-11(10)15(13)17(19)16(12)14/h1-9H. The fourth-order valence-electron chi connectivity index (χ4n) is 2.84. The molecule has 0 saturated heterocycles. The third-order valence-corrected chi connectivity index (χ3v) is 4.35. The molecule has 1 aliphatic rings. The number of hydrogen-bond donors (Lipinski definition) is 0. The van der Waals surface area contributed by atoms with Crippen molar-refractivity contribution in [1.29, 1.82) is 0 Å². The van der Waals surface area contributed by atoms with Gasteiger partial charge in [0.1, 0.15) is 0 Å². The molecule has 90 valence electrons. The van der Waals surface area contributed by atoms with E-state index in [0.717, 1.165) is 37.5 Å². The molecule has 0 spiro atoms. The number of hydrogen-bond acceptors (Lipinski definition) is 1. The molecule has 0 radical (unpaired) electrons. The second-order valence-electron chi connectivity index (χ2n) is 4.70. The maximum atomic E-state index is 12.7. The molecule has 3 aromatic carbocycles. The summed E-state index contributed by atoms with van der Waals surface area (Å²) < 4.78 is 0.871. The monoisotopic (exact) mass is 308 g/mol. The molecule has 0 amide bonds. The van der Waals surface area contributed by atoms with Gasteiger partial charge in [-0.05, 0) is 28.0 Å². The highest BCUT2D eigenvalue weighted by Gasteiger charge is 2.29. The van der Waals surface area contributed by atoms with E-state index in [2.05, 4.69) is 22.0 Å². The molecule has 4 rings (SSSR count). The fraction of sp³-hybridized carbons (Fsp3) is 0. The minimum Gasteiger partial charge on any atom is -0.288 e. The van der Waals surface area contributed by atoms with E-state index < -0.39 is 0 Å². The maximum absolute atomic E-state index is 12.7. The summed E-state index contributed by atoms with van der Waals surface area (Å²) in [6.45, 7) is 0. The third kappa shape index (κ3) is 1.38. The van der Waals surface area contributed by atoms with Gasteiger partial charge in [0, 0.05) is 15.6 Å². The fourth-order valence-corrected chi connectivity index (χ4v) is 3.39. The van der Waals surface area contributed by atoms with Gasteiger partial charge in [-0.3, -0.25) is 4.79 Å². The van der Waals surface area contributed by atoms with Gasteiger partial charge in [0.05, 0.1) is 0 Å². The van der Waals surface area contributed by atoms with E-state index in [4.69, 9.17) is 0 Å². The molecule has 19 heavy (non-hydrogen) atoms. The van der Waals surface area contributed by atoms with Crippen molar-refractivity contribution in [2.24, 2.45) is 0 Å². The predicted octanol–water partition coefficient (Wildman–Crippen LogP) is 4.81. The van der Waals surface area contributed by atoms with E-state index in [1.54, 1.807) is 0 Å². The number of benzene rings is 3. The normalized spacial score (nSPS) is 12.6. The molecule has 0 fully saturated rings. The van der Waals surface area contributed by atoms with Crippen LogP contribution >= 0.6 is 15.9 Å². The highest BCUT2D eigenvalue weighted by Crippen LogP contribution is 2.42. The summed E-state index contributed by atoms with van der Waals surface area (Å²) in [5, 5.41) is 2.15. The van der Waals surface area contributed by atoms with Crippen LogP contribution in [0.3, 0.4) is 0 Å². The van der Waals surface area contributed by atoms with Gasteiger partial charge in [0.2, 0.25) is 0 Å². The van der Waals surface area contributed by atoms with Crippen LogP contribution in [-0.2, 0) is 0 Å². The molecular formula is C17H9BrO. The van der Waals surface area contributed by atoms with Crippen LogP contribution < -0.4 is 0 Å². The molecule has 1 nitrogen and oxygen atoms in total. The Bertz CT molecular complexity index is 849. The van der Waals surface area contributed by atoms with E-state index >= 15 is 0 Å². The number of carbonyl (C=O) groups is 1. The summed E-state index contributed by atoms with van der Waals surface area (Å²) >= 11 is 3.49. The van der Waals surface area contributed by atoms with E-state index in [0.29, 0.717) is 0 Å². The minimum absolute atomic E-state index is 0.120. The second-order valence-corrected chi connectivity index (χ2v) is 5.56. The number of ketones is 1. The Kier molecular flexibility index (Phi) is 2.18. The topological polar surface area (TPSA) is 17.1 Å². The average Bonchev–Trinajstić information content (AvgIpc) is 2.74. The quantitative estimate of drug-likeness (QED) is 0.455. The van der Waals surface area contributed by atoms with Gasteiger partial charge in [-0.1, -0.05) is 64.5 Å². The van der Waals surface area contributed by atoms with Gasteiger partial charge in [-0.2, -0.15) is 0 Å². The molecule has 0 N–H and O–H groups in total. The first-order valence-electron chi connectivity index (χ1n) is 6.13. The summed E-state index contributed by atoms with van der Waals surface area (Å²) in [6.07, 6.45) is 0. The van der Waals surface area contributed by atoms with E-state index in [1.807, 2.05) is 48.5 Å². The van der Waals surface area contributed by atoms with Gasteiger partial charge in [-0.25, -0.2) is 0 Å². The summed E-state index contributed by atoms with van der Waals surface area (Å²) in [5.74, 6) is 0.120. The zero-order valence-corrected chi connectivity index (χ0v) is 11.6. The molecule has 0 atom stereocenters. The molecule has 2 heteroatoms. The van der Waals surface area contributed by atoms with Crippen molar-refractivity contribution in [2.45, 2.75) is 0 Å². The Morgan fingerprint density at radius 2 is 1.53 bits per heavy atom. The summed E-state index contributed by atoms with van der Waals surface area (Å²) in [7, 11) is 0. The first-order chi connectivity index (χ1) is 9.27. The van der Waals surface area contributed by atoms with Gasteiger partial charge in [0.15, 0.2) is 5.78 Å². The molecule has 0 aliphatic heterocycles. The zero-order valence-electron chi connectivity index (χ0n) is 9.98. The first-order valence-corrected chi connectivity index (χ1v) is 6.92. The van der Waals surface area contributed by atoms with Crippen LogP contribution in [0.1, 0.15) is 15.9 Å². The molecule has 3 aromatic rings. The van der Waals surface area contributed by atoms with Gasteiger partial charge >= 0.3 is 0 Å². The number of halogens is 1. The average molecular weight is 309 g/mol. The lowest BCUT2D eigenvalue weighted by Crippen LogP contribution is -1.97. The Hall–Kier alpha value is -1.93. The first kappa shape index (κ1) is 10.9. The number of carbonyl (C=O) groups excluding carboxylic acids is 1. The number of rotatable bonds is 0. The summed E-state index contributed by atoms with van der Waals surface area (Å²) in [5.41, 5.74) is 3.69. The van der Waals surface area contributed by atoms with Crippen molar-refractivity contribution in [3.63, 3.8) is 0 Å². The van der Waals surface area contributed by atoms with Crippen molar-refractivity contribution in [3.05, 3.63) is 70.2 Å².